The Hall–Kier alpha value is -2.17. The van der Waals surface area contributed by atoms with Crippen LogP contribution in [0.15, 0.2) is 30.3 Å². The number of esters is 1. The van der Waals surface area contributed by atoms with Crippen LogP contribution in [0.2, 0.25) is 0 Å². The normalized spacial score (nSPS) is 12.2. The molecule has 1 rings (SSSR count). The van der Waals surface area contributed by atoms with E-state index in [9.17, 15) is 14.0 Å². The van der Waals surface area contributed by atoms with Gasteiger partial charge in [-0.3, -0.25) is 4.79 Å². The average molecular weight is 279 g/mol. The lowest BCUT2D eigenvalue weighted by Gasteiger charge is -2.10. The topological polar surface area (TPSA) is 55.4 Å². The third-order valence-corrected chi connectivity index (χ3v) is 2.63. The van der Waals surface area contributed by atoms with Gasteiger partial charge in [-0.25, -0.2) is 9.18 Å². The maximum absolute atomic E-state index is 12.9. The first kappa shape index (κ1) is 15.9. The molecule has 108 valence electrons. The lowest BCUT2D eigenvalue weighted by atomic mass is 10.2. The zero-order valence-corrected chi connectivity index (χ0v) is 11.6. The van der Waals surface area contributed by atoms with E-state index in [1.54, 1.807) is 12.1 Å². The van der Waals surface area contributed by atoms with Gasteiger partial charge in [0.1, 0.15) is 5.82 Å². The number of amides is 1. The summed E-state index contributed by atoms with van der Waals surface area (Å²) in [6.45, 7) is 3.49. The van der Waals surface area contributed by atoms with Crippen LogP contribution in [-0.2, 0) is 14.3 Å². The largest absolute Gasteiger partial charge is 0.452 e. The molecule has 5 heteroatoms. The first-order valence-electron chi connectivity index (χ1n) is 6.41. The van der Waals surface area contributed by atoms with Crippen molar-refractivity contribution < 1.29 is 18.7 Å². The first-order valence-corrected chi connectivity index (χ1v) is 6.41. The fourth-order valence-corrected chi connectivity index (χ4v) is 1.38. The predicted octanol–water partition coefficient (Wildman–Crippen LogP) is 2.30. The van der Waals surface area contributed by atoms with Crippen molar-refractivity contribution in [2.45, 2.75) is 26.3 Å². The van der Waals surface area contributed by atoms with E-state index in [1.165, 1.54) is 18.2 Å². The molecule has 0 radical (unpaired) electrons. The van der Waals surface area contributed by atoms with E-state index in [-0.39, 0.29) is 24.4 Å². The lowest BCUT2D eigenvalue weighted by Crippen LogP contribution is -2.35. The highest BCUT2D eigenvalue weighted by atomic mass is 19.1. The minimum Gasteiger partial charge on any atom is -0.452 e. The van der Waals surface area contributed by atoms with Crippen molar-refractivity contribution in [2.24, 2.45) is 0 Å². The van der Waals surface area contributed by atoms with E-state index in [4.69, 9.17) is 4.74 Å². The Morgan fingerprint density at radius 2 is 2.20 bits per heavy atom. The molecular weight excluding hydrogens is 261 g/mol. The van der Waals surface area contributed by atoms with Gasteiger partial charge in [0, 0.05) is 12.1 Å². The highest BCUT2D eigenvalue weighted by Crippen LogP contribution is 2.05. The van der Waals surface area contributed by atoms with Crippen LogP contribution in [-0.4, -0.2) is 24.5 Å². The molecule has 0 saturated carbocycles. The summed E-state index contributed by atoms with van der Waals surface area (Å²) in [6.07, 6.45) is 3.39. The van der Waals surface area contributed by atoms with Crippen LogP contribution >= 0.6 is 0 Å². The number of halogens is 1. The Morgan fingerprint density at radius 1 is 1.45 bits per heavy atom. The molecule has 1 atom stereocenters. The fourth-order valence-electron chi connectivity index (χ4n) is 1.38. The van der Waals surface area contributed by atoms with Gasteiger partial charge in [-0.15, -0.1) is 0 Å². The molecule has 0 bridgehead atoms. The molecule has 0 heterocycles. The molecule has 1 amide bonds. The minimum absolute atomic E-state index is 0.0454. The molecular formula is C15H18FNO3. The monoisotopic (exact) mass is 279 g/mol. The fraction of sp³-hybridized carbons (Fsp3) is 0.333. The molecule has 0 aliphatic carbocycles. The van der Waals surface area contributed by atoms with Crippen LogP contribution in [0.1, 0.15) is 25.8 Å². The van der Waals surface area contributed by atoms with Crippen LogP contribution in [0.3, 0.4) is 0 Å². The minimum atomic E-state index is -0.645. The number of benzene rings is 1. The van der Waals surface area contributed by atoms with E-state index in [1.807, 2.05) is 13.8 Å². The van der Waals surface area contributed by atoms with Crippen molar-refractivity contribution in [3.8, 4) is 0 Å². The SMILES string of the molecule is CC[C@H](C)NC(=O)COC(=O)/C=C/c1cccc(F)c1. The van der Waals surface area contributed by atoms with Crippen LogP contribution < -0.4 is 5.32 Å². The standard InChI is InChI=1S/C15H18FNO3/c1-3-11(2)17-14(18)10-20-15(19)8-7-12-5-4-6-13(16)9-12/h4-9,11H,3,10H2,1-2H3,(H,17,18)/b8-7+/t11-/m0/s1. The van der Waals surface area contributed by atoms with Crippen molar-refractivity contribution >= 4 is 18.0 Å². The summed E-state index contributed by atoms with van der Waals surface area (Å²) in [7, 11) is 0. The molecule has 0 fully saturated rings. The van der Waals surface area contributed by atoms with E-state index in [0.29, 0.717) is 5.56 Å². The van der Waals surface area contributed by atoms with Gasteiger partial charge in [0.25, 0.3) is 5.91 Å². The molecule has 1 N–H and O–H groups in total. The molecule has 4 nitrogen and oxygen atoms in total. The molecule has 1 aromatic rings. The lowest BCUT2D eigenvalue weighted by molar-refractivity contribution is -0.144. The molecule has 0 aliphatic heterocycles. The summed E-state index contributed by atoms with van der Waals surface area (Å²) in [5.74, 6) is -1.37. The maximum atomic E-state index is 12.9. The van der Waals surface area contributed by atoms with Gasteiger partial charge >= 0.3 is 5.97 Å². The molecule has 0 saturated heterocycles. The van der Waals surface area contributed by atoms with Gasteiger partial charge in [-0.05, 0) is 37.1 Å². The van der Waals surface area contributed by atoms with E-state index < -0.39 is 5.97 Å². The molecule has 0 spiro atoms. The van der Waals surface area contributed by atoms with E-state index in [0.717, 1.165) is 12.5 Å². The van der Waals surface area contributed by atoms with E-state index in [2.05, 4.69) is 5.32 Å². The van der Waals surface area contributed by atoms with Gasteiger partial charge < -0.3 is 10.1 Å². The molecule has 1 aromatic carbocycles. The zero-order chi connectivity index (χ0) is 15.0. The molecule has 20 heavy (non-hydrogen) atoms. The number of hydrogen-bond acceptors (Lipinski definition) is 3. The number of carbonyl (C=O) groups is 2. The van der Waals surface area contributed by atoms with Gasteiger partial charge in [-0.2, -0.15) is 0 Å². The van der Waals surface area contributed by atoms with Crippen LogP contribution in [0.25, 0.3) is 6.08 Å². The Kier molecular flexibility index (Phi) is 6.43. The highest BCUT2D eigenvalue weighted by Gasteiger charge is 2.07. The maximum Gasteiger partial charge on any atom is 0.331 e. The van der Waals surface area contributed by atoms with Gasteiger partial charge in [-0.1, -0.05) is 19.1 Å². The summed E-state index contributed by atoms with van der Waals surface area (Å²) in [6, 6.07) is 5.85. The van der Waals surface area contributed by atoms with Gasteiger partial charge in [0.15, 0.2) is 6.61 Å². The third-order valence-electron chi connectivity index (χ3n) is 2.63. The van der Waals surface area contributed by atoms with Gasteiger partial charge in [0.2, 0.25) is 0 Å². The second kappa shape index (κ2) is 8.09. The summed E-state index contributed by atoms with van der Waals surface area (Å²) in [5.41, 5.74) is 0.547. The summed E-state index contributed by atoms with van der Waals surface area (Å²) < 4.78 is 17.7. The highest BCUT2D eigenvalue weighted by molar-refractivity contribution is 5.89. The Labute approximate surface area is 117 Å². The third kappa shape index (κ3) is 6.13. The average Bonchev–Trinajstić information content (AvgIpc) is 2.42. The Bertz CT molecular complexity index is 500. The van der Waals surface area contributed by atoms with Crippen molar-refractivity contribution in [2.75, 3.05) is 6.61 Å². The van der Waals surface area contributed by atoms with Crippen LogP contribution in [0.5, 0.6) is 0 Å². The number of hydrogen-bond donors (Lipinski definition) is 1. The van der Waals surface area contributed by atoms with Crippen LogP contribution in [0.4, 0.5) is 4.39 Å². The molecule has 0 unspecified atom stereocenters. The summed E-state index contributed by atoms with van der Waals surface area (Å²) >= 11 is 0. The number of ether oxygens (including phenoxy) is 1. The number of rotatable bonds is 6. The zero-order valence-electron chi connectivity index (χ0n) is 11.6. The quantitative estimate of drug-likeness (QED) is 0.642. The smallest absolute Gasteiger partial charge is 0.331 e. The van der Waals surface area contributed by atoms with Gasteiger partial charge in [0.05, 0.1) is 0 Å². The molecule has 0 aliphatic rings. The van der Waals surface area contributed by atoms with Crippen molar-refractivity contribution in [1.82, 2.24) is 5.32 Å². The summed E-state index contributed by atoms with van der Waals surface area (Å²) in [5, 5.41) is 2.68. The summed E-state index contributed by atoms with van der Waals surface area (Å²) in [4.78, 5) is 22.8. The molecule has 0 aromatic heterocycles. The second-order valence-corrected chi connectivity index (χ2v) is 4.37. The van der Waals surface area contributed by atoms with Crippen LogP contribution in [0, 0.1) is 5.82 Å². The Balaban J connectivity index is 2.38. The second-order valence-electron chi connectivity index (χ2n) is 4.37. The van der Waals surface area contributed by atoms with Crippen molar-refractivity contribution in [1.29, 1.82) is 0 Å². The van der Waals surface area contributed by atoms with E-state index >= 15 is 0 Å². The number of nitrogens with one attached hydrogen (secondary N) is 1. The first-order chi connectivity index (χ1) is 9.51. The Morgan fingerprint density at radius 3 is 2.85 bits per heavy atom. The van der Waals surface area contributed by atoms with Crippen molar-refractivity contribution in [3.63, 3.8) is 0 Å². The number of carbonyl (C=O) groups excluding carboxylic acids is 2. The van der Waals surface area contributed by atoms with Crippen molar-refractivity contribution in [3.05, 3.63) is 41.7 Å². The predicted molar refractivity (Wildman–Crippen MR) is 74.3 cm³/mol.